The second-order valence-electron chi connectivity index (χ2n) is 5.72. The second-order valence-corrected chi connectivity index (χ2v) is 5.72. The van der Waals surface area contributed by atoms with E-state index < -0.39 is 0 Å². The molecule has 3 aromatic heterocycles. The summed E-state index contributed by atoms with van der Waals surface area (Å²) in [4.78, 5) is 24.3. The molecule has 1 N–H and O–H groups in total. The molecule has 3 heterocycles. The van der Waals surface area contributed by atoms with Crippen LogP contribution in [0.3, 0.4) is 0 Å². The molecule has 0 saturated heterocycles. The molecule has 6 heteroatoms. The Morgan fingerprint density at radius 3 is 2.68 bits per heavy atom. The van der Waals surface area contributed by atoms with Gasteiger partial charge in [-0.15, -0.1) is 0 Å². The molecule has 0 unspecified atom stereocenters. The van der Waals surface area contributed by atoms with Crippen LogP contribution in [-0.4, -0.2) is 19.5 Å². The van der Waals surface area contributed by atoms with Gasteiger partial charge in [0.1, 0.15) is 5.82 Å². The number of hydrogen-bond donors (Lipinski definition) is 1. The molecule has 0 aliphatic heterocycles. The molecule has 0 fully saturated rings. The number of fused-ring (bicyclic) bond motifs is 1. The van der Waals surface area contributed by atoms with Crippen molar-refractivity contribution >= 4 is 11.0 Å². The number of H-pyrrole nitrogens is 1. The van der Waals surface area contributed by atoms with E-state index in [-0.39, 0.29) is 5.56 Å². The highest BCUT2D eigenvalue weighted by Crippen LogP contribution is 2.24. The number of aryl methyl sites for hydroxylation is 1. The van der Waals surface area contributed by atoms with Gasteiger partial charge in [0.25, 0.3) is 5.56 Å². The highest BCUT2D eigenvalue weighted by Gasteiger charge is 2.13. The highest BCUT2D eigenvalue weighted by molar-refractivity contribution is 5.81. The van der Waals surface area contributed by atoms with Gasteiger partial charge in [-0.25, -0.2) is 4.98 Å². The average Bonchev–Trinajstić information content (AvgIpc) is 3.07. The van der Waals surface area contributed by atoms with Crippen molar-refractivity contribution in [3.8, 4) is 28.6 Å². The van der Waals surface area contributed by atoms with Gasteiger partial charge in [-0.3, -0.25) is 9.78 Å². The van der Waals surface area contributed by atoms with Gasteiger partial charge in [0, 0.05) is 25.6 Å². The lowest BCUT2D eigenvalue weighted by molar-refractivity contribution is 0.863. The Bertz CT molecular complexity index is 1180. The van der Waals surface area contributed by atoms with Gasteiger partial charge in [0.05, 0.1) is 28.2 Å². The molecular formula is C19H13N5O. The third-order valence-electron chi connectivity index (χ3n) is 4.06. The van der Waals surface area contributed by atoms with Gasteiger partial charge in [-0.1, -0.05) is 0 Å². The summed E-state index contributed by atoms with van der Waals surface area (Å²) in [5, 5.41) is 9.02. The molecule has 4 aromatic rings. The van der Waals surface area contributed by atoms with Gasteiger partial charge in [0.15, 0.2) is 0 Å². The Morgan fingerprint density at radius 1 is 1.12 bits per heavy atom. The van der Waals surface area contributed by atoms with Crippen molar-refractivity contribution < 1.29 is 0 Å². The molecule has 0 bridgehead atoms. The van der Waals surface area contributed by atoms with Crippen LogP contribution >= 0.6 is 0 Å². The third kappa shape index (κ3) is 2.58. The summed E-state index contributed by atoms with van der Waals surface area (Å²) < 4.78 is 1.54. The van der Waals surface area contributed by atoms with Crippen LogP contribution in [0.4, 0.5) is 0 Å². The molecule has 0 aliphatic carbocycles. The largest absolute Gasteiger partial charge is 0.338 e. The van der Waals surface area contributed by atoms with Crippen LogP contribution in [0.1, 0.15) is 5.56 Å². The molecule has 1 aromatic carbocycles. The molecule has 25 heavy (non-hydrogen) atoms. The Hall–Kier alpha value is -3.72. The number of imidazole rings is 1. The van der Waals surface area contributed by atoms with E-state index >= 15 is 0 Å². The highest BCUT2D eigenvalue weighted by atomic mass is 16.1. The number of nitriles is 1. The van der Waals surface area contributed by atoms with Crippen molar-refractivity contribution in [1.29, 1.82) is 5.26 Å². The summed E-state index contributed by atoms with van der Waals surface area (Å²) in [5.41, 5.74) is 4.18. The zero-order chi connectivity index (χ0) is 17.4. The number of aromatic amines is 1. The lowest BCUT2D eigenvalue weighted by Crippen LogP contribution is -2.18. The van der Waals surface area contributed by atoms with E-state index in [0.717, 1.165) is 16.6 Å². The number of aromatic nitrogens is 4. The van der Waals surface area contributed by atoms with Crippen molar-refractivity contribution in [2.24, 2.45) is 7.05 Å². The van der Waals surface area contributed by atoms with Crippen molar-refractivity contribution in [2.75, 3.05) is 0 Å². The molecule has 4 rings (SSSR count). The van der Waals surface area contributed by atoms with E-state index in [1.165, 1.54) is 0 Å². The number of rotatable bonds is 2. The summed E-state index contributed by atoms with van der Waals surface area (Å²) in [6.07, 6.45) is 5.22. The number of nitrogens with zero attached hydrogens (tertiary/aromatic N) is 4. The van der Waals surface area contributed by atoms with E-state index in [9.17, 15) is 4.79 Å². The SMILES string of the molecule is Cn1cc(-c2ccncc2)cc(-c2nc3cc(C#N)ccc3[nH]2)c1=O. The summed E-state index contributed by atoms with van der Waals surface area (Å²) in [7, 11) is 1.72. The number of benzene rings is 1. The van der Waals surface area contributed by atoms with E-state index in [1.807, 2.05) is 18.2 Å². The van der Waals surface area contributed by atoms with Crippen molar-refractivity contribution in [3.05, 3.63) is 70.9 Å². The lowest BCUT2D eigenvalue weighted by Gasteiger charge is -2.07. The maximum Gasteiger partial charge on any atom is 0.261 e. The Balaban J connectivity index is 1.92. The van der Waals surface area contributed by atoms with Crippen LogP contribution in [0.15, 0.2) is 59.8 Å². The number of hydrogen-bond acceptors (Lipinski definition) is 4. The predicted octanol–water partition coefficient (Wildman–Crippen LogP) is 2.86. The molecule has 0 saturated carbocycles. The zero-order valence-corrected chi connectivity index (χ0v) is 13.4. The van der Waals surface area contributed by atoms with Gasteiger partial charge in [-0.05, 0) is 47.5 Å². The average molecular weight is 327 g/mol. The van der Waals surface area contributed by atoms with Crippen LogP contribution in [0.25, 0.3) is 33.5 Å². The summed E-state index contributed by atoms with van der Waals surface area (Å²) in [5.74, 6) is 0.488. The molecule has 0 radical (unpaired) electrons. The lowest BCUT2D eigenvalue weighted by atomic mass is 10.1. The quantitative estimate of drug-likeness (QED) is 0.613. The first-order valence-corrected chi connectivity index (χ1v) is 7.67. The van der Waals surface area contributed by atoms with Crippen LogP contribution in [0, 0.1) is 11.3 Å². The van der Waals surface area contributed by atoms with Gasteiger partial charge in [0.2, 0.25) is 0 Å². The van der Waals surface area contributed by atoms with Gasteiger partial charge >= 0.3 is 0 Å². The Kier molecular flexibility index (Phi) is 3.40. The van der Waals surface area contributed by atoms with Crippen LogP contribution < -0.4 is 5.56 Å². The fourth-order valence-corrected chi connectivity index (χ4v) is 2.79. The van der Waals surface area contributed by atoms with E-state index in [4.69, 9.17) is 5.26 Å². The Morgan fingerprint density at radius 2 is 1.92 bits per heavy atom. The molecule has 0 atom stereocenters. The number of pyridine rings is 2. The predicted molar refractivity (Wildman–Crippen MR) is 94.7 cm³/mol. The van der Waals surface area contributed by atoms with E-state index in [1.54, 1.807) is 48.4 Å². The molecule has 120 valence electrons. The maximum absolute atomic E-state index is 12.6. The van der Waals surface area contributed by atoms with Crippen LogP contribution in [-0.2, 0) is 7.05 Å². The minimum absolute atomic E-state index is 0.141. The molecule has 6 nitrogen and oxygen atoms in total. The Labute approximate surface area is 143 Å². The van der Waals surface area contributed by atoms with E-state index in [0.29, 0.717) is 22.5 Å². The summed E-state index contributed by atoms with van der Waals surface area (Å²) >= 11 is 0. The summed E-state index contributed by atoms with van der Waals surface area (Å²) in [6, 6.07) is 12.9. The van der Waals surface area contributed by atoms with Crippen molar-refractivity contribution in [2.45, 2.75) is 0 Å². The van der Waals surface area contributed by atoms with Gasteiger partial charge in [-0.2, -0.15) is 5.26 Å². The minimum Gasteiger partial charge on any atom is -0.338 e. The zero-order valence-electron chi connectivity index (χ0n) is 13.4. The van der Waals surface area contributed by atoms with Crippen molar-refractivity contribution in [3.63, 3.8) is 0 Å². The number of nitrogens with one attached hydrogen (secondary N) is 1. The third-order valence-corrected chi connectivity index (χ3v) is 4.06. The van der Waals surface area contributed by atoms with Crippen LogP contribution in [0.5, 0.6) is 0 Å². The maximum atomic E-state index is 12.6. The normalized spacial score (nSPS) is 10.7. The smallest absolute Gasteiger partial charge is 0.261 e. The first kappa shape index (κ1) is 14.8. The second kappa shape index (κ2) is 5.73. The minimum atomic E-state index is -0.141. The van der Waals surface area contributed by atoms with Crippen molar-refractivity contribution in [1.82, 2.24) is 19.5 Å². The van der Waals surface area contributed by atoms with Crippen LogP contribution in [0.2, 0.25) is 0 Å². The molecule has 0 spiro atoms. The summed E-state index contributed by atoms with van der Waals surface area (Å²) in [6.45, 7) is 0. The first-order valence-electron chi connectivity index (χ1n) is 7.67. The monoisotopic (exact) mass is 327 g/mol. The van der Waals surface area contributed by atoms with E-state index in [2.05, 4.69) is 21.0 Å². The van der Waals surface area contributed by atoms with Gasteiger partial charge < -0.3 is 9.55 Å². The molecule has 0 aliphatic rings. The first-order chi connectivity index (χ1) is 12.2. The molecular weight excluding hydrogens is 314 g/mol. The fraction of sp³-hybridized carbons (Fsp3) is 0.0526. The topological polar surface area (TPSA) is 87.4 Å². The molecule has 0 amide bonds. The fourth-order valence-electron chi connectivity index (χ4n) is 2.79. The standard InChI is InChI=1S/C19H13N5O/c1-24-11-14(13-4-6-21-7-5-13)9-15(19(24)25)18-22-16-3-2-12(10-20)8-17(16)23-18/h2-9,11H,1H3,(H,22,23).